The molecule has 0 atom stereocenters. The first kappa shape index (κ1) is 22.6. The molecule has 3 aromatic carbocycles. The predicted octanol–water partition coefficient (Wildman–Crippen LogP) is 6.36. The van der Waals surface area contributed by atoms with Crippen molar-refractivity contribution in [2.45, 2.75) is 25.4 Å². The second-order valence-corrected chi connectivity index (χ2v) is 9.50. The number of nitrogens with zero attached hydrogens (tertiary/aromatic N) is 2. The van der Waals surface area contributed by atoms with Crippen LogP contribution in [0.15, 0.2) is 72.9 Å². The first-order valence-corrected chi connectivity index (χ1v) is 12.0. The number of amides is 1. The van der Waals surface area contributed by atoms with Gasteiger partial charge in [-0.25, -0.2) is 4.39 Å². The highest BCUT2D eigenvalue weighted by Gasteiger charge is 2.28. The Kier molecular flexibility index (Phi) is 6.40. The summed E-state index contributed by atoms with van der Waals surface area (Å²) in [5.41, 5.74) is 4.10. The van der Waals surface area contributed by atoms with Crippen LogP contribution in [0.1, 0.15) is 28.8 Å². The molecular weight excluding hydrogens is 449 g/mol. The van der Waals surface area contributed by atoms with E-state index in [1.165, 1.54) is 6.07 Å². The molecule has 34 heavy (non-hydrogen) atoms. The summed E-state index contributed by atoms with van der Waals surface area (Å²) in [7, 11) is 2.09. The van der Waals surface area contributed by atoms with Crippen molar-refractivity contribution in [2.75, 3.05) is 20.1 Å². The van der Waals surface area contributed by atoms with Gasteiger partial charge in [0, 0.05) is 40.4 Å². The van der Waals surface area contributed by atoms with E-state index in [1.54, 1.807) is 30.3 Å². The number of aromatic amines is 1. The number of carbonyl (C=O) groups is 1. The normalized spacial score (nSPS) is 15.0. The van der Waals surface area contributed by atoms with Crippen molar-refractivity contribution in [1.82, 2.24) is 14.8 Å². The fourth-order valence-electron chi connectivity index (χ4n) is 4.72. The highest BCUT2D eigenvalue weighted by atomic mass is 35.5. The number of nitrogens with one attached hydrogen (secondary N) is 1. The Morgan fingerprint density at radius 2 is 1.74 bits per heavy atom. The van der Waals surface area contributed by atoms with E-state index >= 15 is 4.39 Å². The minimum atomic E-state index is -0.298. The summed E-state index contributed by atoms with van der Waals surface area (Å²) in [6.07, 6.45) is 3.63. The first-order valence-electron chi connectivity index (χ1n) is 11.6. The SMILES string of the molecule is CN1CCC(N(Cc2cc(-c3ccc4[nH]ccc4c3)ccc2F)C(=O)c2ccc(Cl)cc2)CC1. The highest BCUT2D eigenvalue weighted by Crippen LogP contribution is 2.28. The van der Waals surface area contributed by atoms with Crippen LogP contribution in [0.25, 0.3) is 22.0 Å². The van der Waals surface area contributed by atoms with Gasteiger partial charge >= 0.3 is 0 Å². The number of halogens is 2. The molecule has 1 aliphatic heterocycles. The fraction of sp³-hybridized carbons (Fsp3) is 0.250. The van der Waals surface area contributed by atoms with Crippen LogP contribution in [-0.4, -0.2) is 46.9 Å². The van der Waals surface area contributed by atoms with Gasteiger partial charge in [-0.3, -0.25) is 4.79 Å². The molecule has 1 aliphatic rings. The number of rotatable bonds is 5. The van der Waals surface area contributed by atoms with E-state index in [0.717, 1.165) is 48.0 Å². The molecular formula is C28H27ClFN3O. The van der Waals surface area contributed by atoms with E-state index in [9.17, 15) is 4.79 Å². The Labute approximate surface area is 204 Å². The minimum Gasteiger partial charge on any atom is -0.361 e. The van der Waals surface area contributed by atoms with E-state index in [4.69, 9.17) is 11.6 Å². The molecule has 1 saturated heterocycles. The molecule has 174 valence electrons. The lowest BCUT2D eigenvalue weighted by Gasteiger charge is -2.37. The van der Waals surface area contributed by atoms with Crippen LogP contribution in [0.5, 0.6) is 0 Å². The number of benzene rings is 3. The zero-order chi connectivity index (χ0) is 23.7. The van der Waals surface area contributed by atoms with Crippen molar-refractivity contribution < 1.29 is 9.18 Å². The molecule has 0 saturated carbocycles. The fourth-order valence-corrected chi connectivity index (χ4v) is 4.85. The molecule has 1 N–H and O–H groups in total. The monoisotopic (exact) mass is 475 g/mol. The minimum absolute atomic E-state index is 0.0543. The van der Waals surface area contributed by atoms with Gasteiger partial charge < -0.3 is 14.8 Å². The summed E-state index contributed by atoms with van der Waals surface area (Å²) in [5, 5.41) is 1.69. The quantitative estimate of drug-likeness (QED) is 0.364. The van der Waals surface area contributed by atoms with Crippen molar-refractivity contribution in [2.24, 2.45) is 0 Å². The molecule has 4 aromatic rings. The lowest BCUT2D eigenvalue weighted by atomic mass is 9.98. The lowest BCUT2D eigenvalue weighted by molar-refractivity contribution is 0.0567. The topological polar surface area (TPSA) is 39.3 Å². The van der Waals surface area contributed by atoms with Crippen molar-refractivity contribution in [3.63, 3.8) is 0 Å². The van der Waals surface area contributed by atoms with Crippen LogP contribution in [0.3, 0.4) is 0 Å². The molecule has 2 heterocycles. The Hall–Kier alpha value is -3.15. The van der Waals surface area contributed by atoms with Crippen LogP contribution >= 0.6 is 11.6 Å². The molecule has 1 fully saturated rings. The Balaban J connectivity index is 1.47. The van der Waals surface area contributed by atoms with Gasteiger partial charge in [0.1, 0.15) is 5.82 Å². The van der Waals surface area contributed by atoms with Crippen molar-refractivity contribution in [1.29, 1.82) is 0 Å². The maximum Gasteiger partial charge on any atom is 0.254 e. The standard InChI is InChI=1S/C28H27ClFN3O/c1-32-14-11-25(12-15-32)33(28(34)19-2-6-24(29)7-3-19)18-23-17-20(4-8-26(23)30)21-5-9-27-22(16-21)10-13-31-27/h2-10,13,16-17,25,31H,11-12,14-15,18H2,1H3. The van der Waals surface area contributed by atoms with Crippen LogP contribution in [0.4, 0.5) is 4.39 Å². The van der Waals surface area contributed by atoms with Crippen molar-refractivity contribution >= 4 is 28.4 Å². The summed E-state index contributed by atoms with van der Waals surface area (Å²) in [4.78, 5) is 20.9. The number of carbonyl (C=O) groups excluding carboxylic acids is 1. The molecule has 4 nitrogen and oxygen atoms in total. The van der Waals surface area contributed by atoms with Gasteiger partial charge in [0.05, 0.1) is 0 Å². The summed E-state index contributed by atoms with van der Waals surface area (Å²) in [6, 6.07) is 20.3. The average molecular weight is 476 g/mol. The molecule has 5 rings (SSSR count). The third-order valence-electron chi connectivity index (χ3n) is 6.75. The Morgan fingerprint density at radius 3 is 2.50 bits per heavy atom. The molecule has 0 bridgehead atoms. The summed E-state index contributed by atoms with van der Waals surface area (Å²) < 4.78 is 15.0. The van der Waals surface area contributed by atoms with E-state index in [0.29, 0.717) is 16.1 Å². The van der Waals surface area contributed by atoms with Crippen LogP contribution in [0, 0.1) is 5.82 Å². The highest BCUT2D eigenvalue weighted by molar-refractivity contribution is 6.30. The largest absolute Gasteiger partial charge is 0.361 e. The number of piperidine rings is 1. The maximum atomic E-state index is 15.0. The second kappa shape index (κ2) is 9.61. The zero-order valence-corrected chi connectivity index (χ0v) is 19.9. The third kappa shape index (κ3) is 4.72. The van der Waals surface area contributed by atoms with Gasteiger partial charge in [-0.05, 0) is 104 Å². The lowest BCUT2D eigenvalue weighted by Crippen LogP contribution is -2.46. The third-order valence-corrected chi connectivity index (χ3v) is 7.01. The van der Waals surface area contributed by atoms with E-state index in [2.05, 4.69) is 23.0 Å². The van der Waals surface area contributed by atoms with Gasteiger partial charge in [0.2, 0.25) is 0 Å². The van der Waals surface area contributed by atoms with E-state index in [-0.39, 0.29) is 24.3 Å². The summed E-state index contributed by atoms with van der Waals surface area (Å²) in [5.74, 6) is -0.391. The smallest absolute Gasteiger partial charge is 0.254 e. The van der Waals surface area contributed by atoms with Crippen molar-refractivity contribution in [3.8, 4) is 11.1 Å². The molecule has 1 amide bonds. The average Bonchev–Trinajstić information content (AvgIpc) is 3.32. The Bertz CT molecular complexity index is 1310. The van der Waals surface area contributed by atoms with E-state index < -0.39 is 0 Å². The number of fused-ring (bicyclic) bond motifs is 1. The van der Waals surface area contributed by atoms with Gasteiger partial charge in [-0.2, -0.15) is 0 Å². The van der Waals surface area contributed by atoms with Crippen molar-refractivity contribution in [3.05, 3.63) is 94.9 Å². The van der Waals surface area contributed by atoms with Crippen LogP contribution in [0.2, 0.25) is 5.02 Å². The molecule has 0 spiro atoms. The number of likely N-dealkylation sites (tertiary alicyclic amines) is 1. The number of hydrogen-bond donors (Lipinski definition) is 1. The summed E-state index contributed by atoms with van der Waals surface area (Å²) in [6.45, 7) is 2.05. The van der Waals surface area contributed by atoms with Crippen LogP contribution in [-0.2, 0) is 6.54 Å². The predicted molar refractivity (Wildman–Crippen MR) is 136 cm³/mol. The van der Waals surface area contributed by atoms with Gasteiger partial charge in [0.25, 0.3) is 5.91 Å². The van der Waals surface area contributed by atoms with E-state index in [1.807, 2.05) is 35.4 Å². The molecule has 1 aromatic heterocycles. The molecule has 0 aliphatic carbocycles. The maximum absolute atomic E-state index is 15.0. The second-order valence-electron chi connectivity index (χ2n) is 9.06. The molecule has 0 radical (unpaired) electrons. The van der Waals surface area contributed by atoms with Gasteiger partial charge in [-0.15, -0.1) is 0 Å². The van der Waals surface area contributed by atoms with Crippen LogP contribution < -0.4 is 0 Å². The number of H-pyrrole nitrogens is 1. The number of aromatic nitrogens is 1. The molecule has 6 heteroatoms. The first-order chi connectivity index (χ1) is 16.5. The molecule has 0 unspecified atom stereocenters. The Morgan fingerprint density at radius 1 is 1.03 bits per heavy atom. The van der Waals surface area contributed by atoms with Gasteiger partial charge in [-0.1, -0.05) is 23.7 Å². The number of hydrogen-bond acceptors (Lipinski definition) is 2. The zero-order valence-electron chi connectivity index (χ0n) is 19.1. The van der Waals surface area contributed by atoms with Gasteiger partial charge in [0.15, 0.2) is 0 Å². The summed E-state index contributed by atoms with van der Waals surface area (Å²) >= 11 is 6.03.